The Labute approximate surface area is 92.0 Å². The molecule has 0 aliphatic carbocycles. The van der Waals surface area contributed by atoms with Crippen LogP contribution >= 0.6 is 11.6 Å². The highest BCUT2D eigenvalue weighted by Crippen LogP contribution is 2.21. The number of nitrogen functional groups attached to an aromatic ring is 1. The van der Waals surface area contributed by atoms with E-state index < -0.39 is 11.4 Å². The lowest BCUT2D eigenvalue weighted by atomic mass is 10.1. The highest BCUT2D eigenvalue weighted by Gasteiger charge is 2.25. The average Bonchev–Trinajstić information content (AvgIpc) is 2.10. The molecule has 0 fully saturated rings. The minimum absolute atomic E-state index is 0.0715. The first kappa shape index (κ1) is 11.5. The molecule has 0 spiro atoms. The quantitative estimate of drug-likeness (QED) is 0.695. The fourth-order valence-corrected chi connectivity index (χ4v) is 0.964. The van der Waals surface area contributed by atoms with Gasteiger partial charge in [0, 0.05) is 0 Å². The largest absolute Gasteiger partial charge is 0.368 e. The van der Waals surface area contributed by atoms with Crippen molar-refractivity contribution >= 4 is 29.3 Å². The number of primary amides is 1. The van der Waals surface area contributed by atoms with Crippen LogP contribution in [0.5, 0.6) is 0 Å². The predicted octanol–water partition coefficient (Wildman–Crippen LogP) is 0.388. The molecular weight excluding hydrogens is 218 g/mol. The summed E-state index contributed by atoms with van der Waals surface area (Å²) in [4.78, 5) is 18.6. The summed E-state index contributed by atoms with van der Waals surface area (Å²) in [5.41, 5.74) is 9.62. The Hall–Kier alpha value is -1.56. The van der Waals surface area contributed by atoms with Gasteiger partial charge in [0.1, 0.15) is 10.6 Å². The maximum absolute atomic E-state index is 11.1. The Morgan fingerprint density at radius 1 is 1.60 bits per heavy atom. The van der Waals surface area contributed by atoms with Crippen molar-refractivity contribution in [3.05, 3.63) is 11.2 Å². The number of nitrogens with one attached hydrogen (secondary N) is 1. The van der Waals surface area contributed by atoms with Gasteiger partial charge in [0.2, 0.25) is 11.9 Å². The van der Waals surface area contributed by atoms with Gasteiger partial charge in [0.25, 0.3) is 0 Å². The van der Waals surface area contributed by atoms with Gasteiger partial charge in [-0.25, -0.2) is 4.98 Å². The van der Waals surface area contributed by atoms with Gasteiger partial charge in [-0.05, 0) is 13.8 Å². The van der Waals surface area contributed by atoms with Crippen molar-refractivity contribution in [2.75, 3.05) is 11.1 Å². The van der Waals surface area contributed by atoms with Crippen LogP contribution in [0.4, 0.5) is 11.8 Å². The number of halogens is 1. The molecule has 1 aromatic heterocycles. The van der Waals surface area contributed by atoms with E-state index in [1.54, 1.807) is 13.8 Å². The molecule has 0 saturated carbocycles. The van der Waals surface area contributed by atoms with Crippen LogP contribution in [0, 0.1) is 0 Å². The van der Waals surface area contributed by atoms with Gasteiger partial charge in [-0.15, -0.1) is 0 Å². The Bertz CT molecular complexity index is 393. The topological polar surface area (TPSA) is 107 Å². The highest BCUT2D eigenvalue weighted by atomic mass is 35.5. The zero-order valence-corrected chi connectivity index (χ0v) is 9.17. The second-order valence-electron chi connectivity index (χ2n) is 3.54. The van der Waals surface area contributed by atoms with Crippen molar-refractivity contribution in [2.24, 2.45) is 5.73 Å². The molecule has 7 heteroatoms. The summed E-state index contributed by atoms with van der Waals surface area (Å²) in [5.74, 6) is -0.161. The second kappa shape index (κ2) is 3.90. The van der Waals surface area contributed by atoms with Gasteiger partial charge in [0.05, 0.1) is 6.20 Å². The van der Waals surface area contributed by atoms with Crippen molar-refractivity contribution < 1.29 is 4.79 Å². The molecule has 15 heavy (non-hydrogen) atoms. The van der Waals surface area contributed by atoms with Crippen LogP contribution in [0.3, 0.4) is 0 Å². The number of carbonyl (C=O) groups excluding carboxylic acids is 1. The molecule has 1 amide bonds. The molecule has 0 unspecified atom stereocenters. The summed E-state index contributed by atoms with van der Waals surface area (Å²) in [6.07, 6.45) is 1.35. The van der Waals surface area contributed by atoms with E-state index in [1.807, 2.05) is 0 Å². The molecule has 5 N–H and O–H groups in total. The summed E-state index contributed by atoms with van der Waals surface area (Å²) in [7, 11) is 0. The van der Waals surface area contributed by atoms with Crippen LogP contribution in [-0.2, 0) is 4.79 Å². The normalized spacial score (nSPS) is 11.1. The summed E-state index contributed by atoms with van der Waals surface area (Å²) < 4.78 is 0. The predicted molar refractivity (Wildman–Crippen MR) is 58.4 cm³/mol. The van der Waals surface area contributed by atoms with Gasteiger partial charge >= 0.3 is 0 Å². The van der Waals surface area contributed by atoms with Gasteiger partial charge in [-0.3, -0.25) is 4.79 Å². The lowest BCUT2D eigenvalue weighted by molar-refractivity contribution is -0.121. The third kappa shape index (κ3) is 2.69. The van der Waals surface area contributed by atoms with Crippen molar-refractivity contribution in [1.29, 1.82) is 0 Å². The Morgan fingerprint density at radius 3 is 2.73 bits per heavy atom. The summed E-state index contributed by atoms with van der Waals surface area (Å²) in [5, 5.41) is 3.07. The number of nitrogens with zero attached hydrogens (tertiary/aromatic N) is 2. The molecule has 0 radical (unpaired) electrons. The summed E-state index contributed by atoms with van der Waals surface area (Å²) in [6, 6.07) is 0. The molecule has 0 aliphatic rings. The summed E-state index contributed by atoms with van der Waals surface area (Å²) in [6.45, 7) is 3.23. The minimum atomic E-state index is -0.954. The van der Waals surface area contributed by atoms with Crippen LogP contribution in [0.2, 0.25) is 5.02 Å². The van der Waals surface area contributed by atoms with Crippen LogP contribution in [-0.4, -0.2) is 21.4 Å². The van der Waals surface area contributed by atoms with Gasteiger partial charge in [-0.2, -0.15) is 4.98 Å². The van der Waals surface area contributed by atoms with Crippen LogP contribution in [0.25, 0.3) is 0 Å². The molecule has 0 atom stereocenters. The van der Waals surface area contributed by atoms with Crippen molar-refractivity contribution in [3.63, 3.8) is 0 Å². The Kier molecular flexibility index (Phi) is 2.99. The molecular formula is C8H12ClN5O. The fourth-order valence-electron chi connectivity index (χ4n) is 0.826. The van der Waals surface area contributed by atoms with E-state index in [0.717, 1.165) is 0 Å². The molecule has 0 saturated heterocycles. The first-order valence-corrected chi connectivity index (χ1v) is 4.57. The number of aromatic nitrogens is 2. The third-order valence-corrected chi connectivity index (χ3v) is 2.09. The second-order valence-corrected chi connectivity index (χ2v) is 3.95. The Morgan fingerprint density at radius 2 is 2.20 bits per heavy atom. The van der Waals surface area contributed by atoms with E-state index in [4.69, 9.17) is 23.1 Å². The van der Waals surface area contributed by atoms with Crippen LogP contribution in [0.1, 0.15) is 13.8 Å². The lowest BCUT2D eigenvalue weighted by Crippen LogP contribution is -2.45. The molecule has 6 nitrogen and oxygen atoms in total. The van der Waals surface area contributed by atoms with Crippen LogP contribution < -0.4 is 16.8 Å². The fraction of sp³-hybridized carbons (Fsp3) is 0.375. The molecule has 0 aliphatic heterocycles. The molecule has 0 bridgehead atoms. The number of rotatable bonds is 3. The number of hydrogen-bond donors (Lipinski definition) is 3. The molecule has 1 heterocycles. The number of nitrogens with two attached hydrogens (primary N) is 2. The molecule has 1 aromatic rings. The molecule has 0 aromatic carbocycles. The standard InChI is InChI=1S/C8H12ClN5O/c1-8(2,6(10)15)14-5-4(9)3-12-7(11)13-5/h3H,1-2H3,(H2,10,15)(H3,11,12,13,14). The first-order chi connectivity index (χ1) is 6.83. The first-order valence-electron chi connectivity index (χ1n) is 4.19. The van der Waals surface area contributed by atoms with Gasteiger partial charge in [0.15, 0.2) is 5.82 Å². The summed E-state index contributed by atoms with van der Waals surface area (Å²) >= 11 is 5.81. The van der Waals surface area contributed by atoms with E-state index >= 15 is 0 Å². The maximum Gasteiger partial charge on any atom is 0.242 e. The van der Waals surface area contributed by atoms with Gasteiger partial charge in [-0.1, -0.05) is 11.6 Å². The van der Waals surface area contributed by atoms with E-state index in [9.17, 15) is 4.79 Å². The zero-order chi connectivity index (χ0) is 11.6. The van der Waals surface area contributed by atoms with Crippen molar-refractivity contribution in [2.45, 2.75) is 19.4 Å². The third-order valence-electron chi connectivity index (χ3n) is 1.81. The zero-order valence-electron chi connectivity index (χ0n) is 8.41. The number of amides is 1. The lowest BCUT2D eigenvalue weighted by Gasteiger charge is -2.23. The SMILES string of the molecule is CC(C)(Nc1nc(N)ncc1Cl)C(N)=O. The molecule has 1 rings (SSSR count). The van der Waals surface area contributed by atoms with Crippen LogP contribution in [0.15, 0.2) is 6.20 Å². The van der Waals surface area contributed by atoms with E-state index in [1.165, 1.54) is 6.20 Å². The van der Waals surface area contributed by atoms with E-state index in [-0.39, 0.29) is 16.8 Å². The number of carbonyl (C=O) groups is 1. The number of hydrogen-bond acceptors (Lipinski definition) is 5. The average molecular weight is 230 g/mol. The maximum atomic E-state index is 11.1. The van der Waals surface area contributed by atoms with Gasteiger partial charge < -0.3 is 16.8 Å². The molecule has 82 valence electrons. The smallest absolute Gasteiger partial charge is 0.242 e. The highest BCUT2D eigenvalue weighted by molar-refractivity contribution is 6.32. The van der Waals surface area contributed by atoms with E-state index in [2.05, 4.69) is 15.3 Å². The van der Waals surface area contributed by atoms with Crippen molar-refractivity contribution in [3.8, 4) is 0 Å². The minimum Gasteiger partial charge on any atom is -0.368 e. The number of anilines is 2. The van der Waals surface area contributed by atoms with Crippen molar-refractivity contribution in [1.82, 2.24) is 9.97 Å². The van der Waals surface area contributed by atoms with E-state index in [0.29, 0.717) is 0 Å². The Balaban J connectivity index is 2.99. The monoisotopic (exact) mass is 229 g/mol.